The molecule has 3 N–H and O–H groups in total. The number of hydrogen-bond donors (Lipinski definition) is 2. The minimum Gasteiger partial charge on any atom is -0.496 e. The zero-order chi connectivity index (χ0) is 18.3. The summed E-state index contributed by atoms with van der Waals surface area (Å²) in [6.07, 6.45) is 0. The third kappa shape index (κ3) is 2.62. The Balaban J connectivity index is 2.40. The smallest absolute Gasteiger partial charge is 0.291 e. The zero-order valence-corrected chi connectivity index (χ0v) is 15.0. The minimum absolute atomic E-state index is 0.0739. The van der Waals surface area contributed by atoms with Crippen LogP contribution in [0.25, 0.3) is 0 Å². The minimum atomic E-state index is -0.826. The Hall–Kier alpha value is -2.92. The van der Waals surface area contributed by atoms with E-state index in [2.05, 4.69) is 15.9 Å². The summed E-state index contributed by atoms with van der Waals surface area (Å²) in [6.45, 7) is 1.56. The van der Waals surface area contributed by atoms with Gasteiger partial charge < -0.3 is 20.4 Å². The fourth-order valence-electron chi connectivity index (χ4n) is 2.88. The lowest BCUT2D eigenvalue weighted by Crippen LogP contribution is -2.32. The molecule has 2 heterocycles. The van der Waals surface area contributed by atoms with Gasteiger partial charge in [0.15, 0.2) is 0 Å². The molecule has 128 valence electrons. The molecule has 0 spiro atoms. The predicted octanol–water partition coefficient (Wildman–Crippen LogP) is 2.38. The van der Waals surface area contributed by atoms with Gasteiger partial charge in [0.05, 0.1) is 24.3 Å². The van der Waals surface area contributed by atoms with Crippen molar-refractivity contribution in [3.63, 3.8) is 0 Å². The molecular weight excluding hydrogens is 390 g/mol. The van der Waals surface area contributed by atoms with Crippen LogP contribution in [0.2, 0.25) is 0 Å². The van der Waals surface area contributed by atoms with Crippen LogP contribution in [0, 0.1) is 18.3 Å². The lowest BCUT2D eigenvalue weighted by atomic mass is 9.83. The van der Waals surface area contributed by atoms with E-state index >= 15 is 0 Å². The highest BCUT2D eigenvalue weighted by molar-refractivity contribution is 9.10. The van der Waals surface area contributed by atoms with Crippen molar-refractivity contribution in [2.45, 2.75) is 12.8 Å². The molecule has 1 aromatic heterocycles. The van der Waals surface area contributed by atoms with Crippen molar-refractivity contribution in [1.82, 2.24) is 4.73 Å². The summed E-state index contributed by atoms with van der Waals surface area (Å²) in [4.78, 5) is 12.7. The molecule has 0 amide bonds. The molecule has 25 heavy (non-hydrogen) atoms. The van der Waals surface area contributed by atoms with Gasteiger partial charge in [-0.05, 0) is 25.1 Å². The molecule has 8 heteroatoms. The van der Waals surface area contributed by atoms with E-state index in [1.54, 1.807) is 25.1 Å². The van der Waals surface area contributed by atoms with Crippen LogP contribution in [0.5, 0.6) is 11.5 Å². The molecule has 0 saturated heterocycles. The SMILES string of the molecule is COc1ccc(Br)cc1[C@H]1C(C#N)=C(N)Oc2cc(C)n(O)c(=O)c21. The van der Waals surface area contributed by atoms with Gasteiger partial charge in [-0.3, -0.25) is 4.79 Å². The Kier molecular flexibility index (Phi) is 4.18. The number of nitrogens with two attached hydrogens (primary N) is 1. The number of pyridine rings is 1. The van der Waals surface area contributed by atoms with Crippen molar-refractivity contribution in [1.29, 1.82) is 5.26 Å². The number of allylic oxidation sites excluding steroid dienone is 1. The van der Waals surface area contributed by atoms with E-state index in [-0.39, 0.29) is 28.5 Å². The number of methoxy groups -OCH3 is 1. The van der Waals surface area contributed by atoms with Gasteiger partial charge in [0, 0.05) is 16.1 Å². The Morgan fingerprint density at radius 2 is 2.16 bits per heavy atom. The van der Waals surface area contributed by atoms with Gasteiger partial charge in [-0.25, -0.2) is 0 Å². The van der Waals surface area contributed by atoms with E-state index in [1.165, 1.54) is 13.2 Å². The van der Waals surface area contributed by atoms with Crippen LogP contribution < -0.4 is 20.8 Å². The fourth-order valence-corrected chi connectivity index (χ4v) is 3.26. The second-order valence-electron chi connectivity index (χ2n) is 5.49. The number of fused-ring (bicyclic) bond motifs is 1. The maximum Gasteiger partial charge on any atom is 0.291 e. The summed E-state index contributed by atoms with van der Waals surface area (Å²) in [7, 11) is 1.49. The molecule has 2 aromatic rings. The molecule has 7 nitrogen and oxygen atoms in total. The second-order valence-corrected chi connectivity index (χ2v) is 6.41. The first-order valence-corrected chi connectivity index (χ1v) is 8.05. The van der Waals surface area contributed by atoms with Crippen LogP contribution in [0.4, 0.5) is 0 Å². The molecule has 0 unspecified atom stereocenters. The van der Waals surface area contributed by atoms with Gasteiger partial charge in [-0.2, -0.15) is 9.99 Å². The number of nitrogens with zero attached hydrogens (tertiary/aromatic N) is 2. The van der Waals surface area contributed by atoms with Crippen LogP contribution >= 0.6 is 15.9 Å². The third-order valence-corrected chi connectivity index (χ3v) is 4.54. The summed E-state index contributed by atoms with van der Waals surface area (Å²) in [5, 5.41) is 19.6. The van der Waals surface area contributed by atoms with E-state index in [1.807, 2.05) is 6.07 Å². The highest BCUT2D eigenvalue weighted by Crippen LogP contribution is 2.44. The van der Waals surface area contributed by atoms with E-state index in [0.29, 0.717) is 16.0 Å². The first kappa shape index (κ1) is 16.9. The van der Waals surface area contributed by atoms with Gasteiger partial charge in [0.25, 0.3) is 5.56 Å². The number of benzene rings is 1. The number of ether oxygens (including phenoxy) is 2. The molecule has 0 bridgehead atoms. The predicted molar refractivity (Wildman–Crippen MR) is 92.6 cm³/mol. The summed E-state index contributed by atoms with van der Waals surface area (Å²) in [5.74, 6) is -0.230. The lowest BCUT2D eigenvalue weighted by Gasteiger charge is -2.27. The van der Waals surface area contributed by atoms with Gasteiger partial charge in [-0.1, -0.05) is 15.9 Å². The van der Waals surface area contributed by atoms with Crippen LogP contribution in [-0.2, 0) is 0 Å². The van der Waals surface area contributed by atoms with Crippen LogP contribution in [0.15, 0.2) is 45.0 Å². The molecule has 0 saturated carbocycles. The molecule has 1 aliphatic heterocycles. The summed E-state index contributed by atoms with van der Waals surface area (Å²) < 4.78 is 12.1. The molecule has 1 aromatic carbocycles. The van der Waals surface area contributed by atoms with Gasteiger partial charge in [0.2, 0.25) is 5.88 Å². The first-order chi connectivity index (χ1) is 11.9. The number of aromatic nitrogens is 1. The fraction of sp³-hybridized carbons (Fsp3) is 0.176. The van der Waals surface area contributed by atoms with Crippen molar-refractivity contribution >= 4 is 15.9 Å². The van der Waals surface area contributed by atoms with Crippen LogP contribution in [0.3, 0.4) is 0 Å². The maximum atomic E-state index is 12.7. The first-order valence-electron chi connectivity index (χ1n) is 7.25. The van der Waals surface area contributed by atoms with Gasteiger partial charge in [0.1, 0.15) is 23.1 Å². The topological polar surface area (TPSA) is 110 Å². The Labute approximate surface area is 151 Å². The van der Waals surface area contributed by atoms with Crippen molar-refractivity contribution < 1.29 is 14.7 Å². The van der Waals surface area contributed by atoms with E-state index in [9.17, 15) is 15.3 Å². The molecule has 0 aliphatic carbocycles. The summed E-state index contributed by atoms with van der Waals surface area (Å²) >= 11 is 3.38. The van der Waals surface area contributed by atoms with Crippen molar-refractivity contribution in [3.8, 4) is 17.6 Å². The highest BCUT2D eigenvalue weighted by atomic mass is 79.9. The quantitative estimate of drug-likeness (QED) is 0.744. The maximum absolute atomic E-state index is 12.7. The highest BCUT2D eigenvalue weighted by Gasteiger charge is 2.36. The summed E-state index contributed by atoms with van der Waals surface area (Å²) in [6, 6.07) is 8.73. The van der Waals surface area contributed by atoms with Gasteiger partial charge in [-0.15, -0.1) is 0 Å². The normalized spacial score (nSPS) is 16.0. The zero-order valence-electron chi connectivity index (χ0n) is 13.4. The molecule has 0 fully saturated rings. The number of hydrogen-bond acceptors (Lipinski definition) is 6. The Morgan fingerprint density at radius 1 is 1.44 bits per heavy atom. The number of nitriles is 1. The Morgan fingerprint density at radius 3 is 2.80 bits per heavy atom. The molecule has 1 aliphatic rings. The Bertz CT molecular complexity index is 1000. The van der Waals surface area contributed by atoms with E-state index in [0.717, 1.165) is 4.47 Å². The number of rotatable bonds is 2. The molecule has 1 atom stereocenters. The number of aryl methyl sites for hydroxylation is 1. The third-order valence-electron chi connectivity index (χ3n) is 4.05. The van der Waals surface area contributed by atoms with Gasteiger partial charge >= 0.3 is 0 Å². The summed E-state index contributed by atoms with van der Waals surface area (Å²) in [5.41, 5.74) is 6.27. The standard InChI is InChI=1S/C17H14BrN3O4/c1-8-5-13-15(17(22)21(8)23)14(11(7-19)16(20)25-13)10-6-9(18)3-4-12(10)24-2/h3-6,14,23H,20H2,1-2H3/t14-/m0/s1. The van der Waals surface area contributed by atoms with Crippen molar-refractivity contribution in [2.75, 3.05) is 7.11 Å². The van der Waals surface area contributed by atoms with E-state index < -0.39 is 11.5 Å². The van der Waals surface area contributed by atoms with E-state index in [4.69, 9.17) is 15.2 Å². The molecule has 3 rings (SSSR count). The number of halogens is 1. The van der Waals surface area contributed by atoms with Crippen LogP contribution in [-0.4, -0.2) is 17.0 Å². The molecule has 0 radical (unpaired) electrons. The largest absolute Gasteiger partial charge is 0.496 e. The second kappa shape index (κ2) is 6.18. The average molecular weight is 404 g/mol. The monoisotopic (exact) mass is 403 g/mol. The average Bonchev–Trinajstić information content (AvgIpc) is 2.58. The molecular formula is C17H14BrN3O4. The van der Waals surface area contributed by atoms with Crippen LogP contribution in [0.1, 0.15) is 22.7 Å². The van der Waals surface area contributed by atoms with Crippen molar-refractivity contribution in [3.05, 3.63) is 67.4 Å². The lowest BCUT2D eigenvalue weighted by molar-refractivity contribution is 0.165. The van der Waals surface area contributed by atoms with Crippen molar-refractivity contribution in [2.24, 2.45) is 5.73 Å².